The molecule has 0 aromatic heterocycles. The number of carbonyl (C=O) groups excluding carboxylic acids is 1. The predicted octanol–water partition coefficient (Wildman–Crippen LogP) is 4.42. The van der Waals surface area contributed by atoms with Gasteiger partial charge in [0.25, 0.3) is 0 Å². The Hall–Kier alpha value is -2.16. The van der Waals surface area contributed by atoms with E-state index in [9.17, 15) is 13.2 Å². The quantitative estimate of drug-likeness (QED) is 0.453. The molecule has 0 bridgehead atoms. The molecule has 1 unspecified atom stereocenters. The fourth-order valence-electron chi connectivity index (χ4n) is 4.40. The third-order valence-corrected chi connectivity index (χ3v) is 7.86. The fourth-order valence-corrected chi connectivity index (χ4v) is 5.48. The van der Waals surface area contributed by atoms with E-state index in [1.54, 1.807) is 17.0 Å². The van der Waals surface area contributed by atoms with Crippen LogP contribution < -0.4 is 14.2 Å². The van der Waals surface area contributed by atoms with E-state index in [0.29, 0.717) is 53.2 Å². The Bertz CT molecular complexity index is 1150. The number of amides is 1. The van der Waals surface area contributed by atoms with E-state index in [1.807, 2.05) is 18.2 Å². The Kier molecular flexibility index (Phi) is 8.26. The Morgan fingerprint density at radius 1 is 0.971 bits per heavy atom. The number of benzene rings is 2. The minimum atomic E-state index is -3.25. The molecule has 3 rings (SSSR count). The summed E-state index contributed by atoms with van der Waals surface area (Å²) in [5.41, 5.74) is 0.808. The van der Waals surface area contributed by atoms with Crippen LogP contribution in [-0.2, 0) is 27.6 Å². The lowest BCUT2D eigenvalue weighted by Crippen LogP contribution is -2.37. The van der Waals surface area contributed by atoms with Gasteiger partial charge in [-0.1, -0.05) is 29.3 Å². The third kappa shape index (κ3) is 5.90. The maximum absolute atomic E-state index is 13.7. The monoisotopic (exact) mass is 529 g/mol. The topological polar surface area (TPSA) is 82.1 Å². The molecule has 1 aliphatic rings. The first-order valence-corrected chi connectivity index (χ1v) is 13.5. The zero-order valence-corrected chi connectivity index (χ0v) is 22.0. The van der Waals surface area contributed by atoms with Crippen molar-refractivity contribution in [1.29, 1.82) is 0 Å². The van der Waals surface area contributed by atoms with Crippen molar-refractivity contribution in [1.82, 2.24) is 4.90 Å². The second-order valence-electron chi connectivity index (χ2n) is 8.60. The number of ether oxygens (including phenoxy) is 3. The average Bonchev–Trinajstić information content (AvgIpc) is 3.09. The maximum Gasteiger partial charge on any atom is 0.229 e. The summed E-state index contributed by atoms with van der Waals surface area (Å²) < 4.78 is 40.2. The first-order valence-electron chi connectivity index (χ1n) is 10.7. The summed E-state index contributed by atoms with van der Waals surface area (Å²) in [7, 11) is 1.36. The van der Waals surface area contributed by atoms with Gasteiger partial charge in [-0.3, -0.25) is 4.79 Å². The fraction of sp³-hybridized carbons (Fsp3) is 0.458. The zero-order chi connectivity index (χ0) is 25.1. The molecule has 2 aromatic rings. The summed E-state index contributed by atoms with van der Waals surface area (Å²) in [4.78, 5) is 15.5. The van der Waals surface area contributed by atoms with Crippen molar-refractivity contribution >= 4 is 38.9 Å². The molecule has 0 saturated carbocycles. The first-order chi connectivity index (χ1) is 16.0. The molecule has 1 fully saturated rings. The summed E-state index contributed by atoms with van der Waals surface area (Å²) >= 11 is 12.2. The minimum Gasteiger partial charge on any atom is -0.493 e. The molecule has 1 saturated heterocycles. The number of carbonyl (C=O) groups is 1. The minimum absolute atomic E-state index is 0.0713. The van der Waals surface area contributed by atoms with Crippen LogP contribution in [0.15, 0.2) is 30.3 Å². The number of sulfone groups is 1. The second-order valence-corrected chi connectivity index (χ2v) is 11.7. The Morgan fingerprint density at radius 2 is 1.62 bits per heavy atom. The lowest BCUT2D eigenvalue weighted by molar-refractivity contribution is -0.136. The van der Waals surface area contributed by atoms with Gasteiger partial charge in [0.15, 0.2) is 11.5 Å². The van der Waals surface area contributed by atoms with Gasteiger partial charge < -0.3 is 19.1 Å². The first kappa shape index (κ1) is 26.4. The largest absolute Gasteiger partial charge is 0.493 e. The van der Waals surface area contributed by atoms with Gasteiger partial charge in [0.05, 0.1) is 42.5 Å². The summed E-state index contributed by atoms with van der Waals surface area (Å²) in [6.07, 6.45) is 2.33. The lowest BCUT2D eigenvalue weighted by atomic mass is 9.78. The molecule has 2 aromatic carbocycles. The van der Waals surface area contributed by atoms with Crippen LogP contribution in [0.3, 0.4) is 0 Å². The molecular formula is C24H29Cl2NO6S. The summed E-state index contributed by atoms with van der Waals surface area (Å²) in [5.74, 6) is 1.32. The highest BCUT2D eigenvalue weighted by atomic mass is 35.5. The molecule has 1 heterocycles. The average molecular weight is 530 g/mol. The number of likely N-dealkylation sites (tertiary alicyclic amines) is 1. The number of hydrogen-bond acceptors (Lipinski definition) is 6. The molecule has 1 aliphatic heterocycles. The third-order valence-electron chi connectivity index (χ3n) is 6.18. The highest BCUT2D eigenvalue weighted by Crippen LogP contribution is 2.42. The number of halogens is 2. The standard InChI is InChI=1S/C24H29Cl2NO6S/c1-31-20-12-17(13-21(32-2)22(20)33-3)15-27-9-7-24(23(27)28,8-10-34(4,29)30)14-16-5-6-18(25)19(26)11-16/h5-6,11-13H,7-10,14-15H2,1-4H3. The molecular weight excluding hydrogens is 501 g/mol. The normalized spacial score (nSPS) is 18.3. The van der Waals surface area contributed by atoms with Crippen LogP contribution in [0.2, 0.25) is 10.0 Å². The van der Waals surface area contributed by atoms with E-state index in [0.717, 1.165) is 11.1 Å². The van der Waals surface area contributed by atoms with Crippen molar-refractivity contribution in [3.8, 4) is 17.2 Å². The second kappa shape index (κ2) is 10.6. The molecule has 186 valence electrons. The molecule has 7 nitrogen and oxygen atoms in total. The summed E-state index contributed by atoms with van der Waals surface area (Å²) in [6, 6.07) is 8.87. The van der Waals surface area contributed by atoms with Crippen molar-refractivity contribution in [2.45, 2.75) is 25.8 Å². The van der Waals surface area contributed by atoms with Gasteiger partial charge in [-0.2, -0.15) is 0 Å². The van der Waals surface area contributed by atoms with Gasteiger partial charge in [0.2, 0.25) is 11.7 Å². The molecule has 0 N–H and O–H groups in total. The molecule has 0 aliphatic carbocycles. The van der Waals surface area contributed by atoms with E-state index in [-0.39, 0.29) is 18.1 Å². The molecule has 1 atom stereocenters. The molecule has 0 radical (unpaired) electrons. The van der Waals surface area contributed by atoms with E-state index >= 15 is 0 Å². The highest BCUT2D eigenvalue weighted by Gasteiger charge is 2.46. The molecule has 10 heteroatoms. The van der Waals surface area contributed by atoms with Gasteiger partial charge in [0.1, 0.15) is 9.84 Å². The number of rotatable bonds is 10. The van der Waals surface area contributed by atoms with E-state index in [1.165, 1.54) is 27.6 Å². The van der Waals surface area contributed by atoms with Gasteiger partial charge in [-0.15, -0.1) is 0 Å². The molecule has 1 amide bonds. The van der Waals surface area contributed by atoms with E-state index in [2.05, 4.69) is 0 Å². The van der Waals surface area contributed by atoms with Crippen molar-refractivity contribution in [3.05, 3.63) is 51.5 Å². The molecule has 34 heavy (non-hydrogen) atoms. The van der Waals surface area contributed by atoms with E-state index < -0.39 is 15.3 Å². The van der Waals surface area contributed by atoms with Crippen LogP contribution in [0, 0.1) is 5.41 Å². The van der Waals surface area contributed by atoms with Crippen molar-refractivity contribution in [2.75, 3.05) is 39.9 Å². The van der Waals surface area contributed by atoms with Crippen LogP contribution in [0.25, 0.3) is 0 Å². The zero-order valence-electron chi connectivity index (χ0n) is 19.7. The SMILES string of the molecule is COc1cc(CN2CCC(CCS(C)(=O)=O)(Cc3ccc(Cl)c(Cl)c3)C2=O)cc(OC)c1OC. The van der Waals surface area contributed by atoms with Crippen molar-refractivity contribution in [2.24, 2.45) is 5.41 Å². The molecule has 0 spiro atoms. The Morgan fingerprint density at radius 3 is 2.15 bits per heavy atom. The predicted molar refractivity (Wildman–Crippen MR) is 133 cm³/mol. The highest BCUT2D eigenvalue weighted by molar-refractivity contribution is 7.90. The number of nitrogens with zero attached hydrogens (tertiary/aromatic N) is 1. The van der Waals surface area contributed by atoms with Crippen LogP contribution in [0.1, 0.15) is 24.0 Å². The van der Waals surface area contributed by atoms with Crippen LogP contribution >= 0.6 is 23.2 Å². The summed E-state index contributed by atoms with van der Waals surface area (Å²) in [6.45, 7) is 0.831. The number of methoxy groups -OCH3 is 3. The van der Waals surface area contributed by atoms with E-state index in [4.69, 9.17) is 37.4 Å². The van der Waals surface area contributed by atoms with Gasteiger partial charge in [0, 0.05) is 19.3 Å². The van der Waals surface area contributed by atoms with Crippen LogP contribution in [0.4, 0.5) is 0 Å². The van der Waals surface area contributed by atoms with Crippen molar-refractivity contribution in [3.63, 3.8) is 0 Å². The lowest BCUT2D eigenvalue weighted by Gasteiger charge is -2.28. The summed E-state index contributed by atoms with van der Waals surface area (Å²) in [5, 5.41) is 0.828. The number of hydrogen-bond donors (Lipinski definition) is 0. The van der Waals surface area contributed by atoms with Crippen LogP contribution in [0.5, 0.6) is 17.2 Å². The van der Waals surface area contributed by atoms with Crippen molar-refractivity contribution < 1.29 is 27.4 Å². The Labute approximate surface area is 210 Å². The van der Waals surface area contributed by atoms with Gasteiger partial charge in [-0.05, 0) is 54.7 Å². The van der Waals surface area contributed by atoms with Crippen LogP contribution in [-0.4, -0.2) is 59.1 Å². The smallest absolute Gasteiger partial charge is 0.229 e. The van der Waals surface area contributed by atoms with Gasteiger partial charge in [-0.25, -0.2) is 8.42 Å². The maximum atomic E-state index is 13.7. The Balaban J connectivity index is 1.90. The van der Waals surface area contributed by atoms with Gasteiger partial charge >= 0.3 is 0 Å².